The van der Waals surface area contributed by atoms with Crippen LogP contribution in [0.2, 0.25) is 0 Å². The van der Waals surface area contributed by atoms with Crippen molar-refractivity contribution >= 4 is 23.0 Å². The molecule has 0 atom stereocenters. The minimum Gasteiger partial charge on any atom is -0.380 e. The Labute approximate surface area is 97.1 Å². The van der Waals surface area contributed by atoms with E-state index in [1.54, 1.807) is 12.1 Å². The predicted molar refractivity (Wildman–Crippen MR) is 61.3 cm³/mol. The summed E-state index contributed by atoms with van der Waals surface area (Å²) in [5.74, 6) is 0. The van der Waals surface area contributed by atoms with E-state index in [0.717, 1.165) is 0 Å². The van der Waals surface area contributed by atoms with Crippen molar-refractivity contribution in [2.45, 2.75) is 0 Å². The highest BCUT2D eigenvalue weighted by Gasteiger charge is 2.13. The molecule has 0 saturated carbocycles. The number of anilines is 1. The van der Waals surface area contributed by atoms with E-state index in [9.17, 15) is 10.1 Å². The molecule has 0 fully saturated rings. The highest BCUT2D eigenvalue weighted by molar-refractivity contribution is 6.29. The van der Waals surface area contributed by atoms with Crippen molar-refractivity contribution in [1.82, 2.24) is 0 Å². The van der Waals surface area contributed by atoms with E-state index >= 15 is 0 Å². The number of nitro groups is 1. The number of rotatable bonds is 4. The summed E-state index contributed by atoms with van der Waals surface area (Å²) in [5.41, 5.74) is 0.320. The fourth-order valence-electron chi connectivity index (χ4n) is 1.09. The van der Waals surface area contributed by atoms with Crippen LogP contribution in [0.1, 0.15) is 5.56 Å². The molecule has 0 aliphatic rings. The summed E-state index contributed by atoms with van der Waals surface area (Å²) >= 11 is 5.55. The van der Waals surface area contributed by atoms with Crippen molar-refractivity contribution < 1.29 is 4.92 Å². The molecule has 0 saturated heterocycles. The summed E-state index contributed by atoms with van der Waals surface area (Å²) in [6, 6.07) is 6.01. The number of nitriles is 1. The van der Waals surface area contributed by atoms with Gasteiger partial charge in [-0.05, 0) is 12.1 Å². The first-order chi connectivity index (χ1) is 7.54. The topological polar surface area (TPSA) is 79.0 Å². The highest BCUT2D eigenvalue weighted by Crippen LogP contribution is 2.22. The average molecular weight is 238 g/mol. The van der Waals surface area contributed by atoms with Crippen LogP contribution in [0.3, 0.4) is 0 Å². The maximum Gasteiger partial charge on any atom is 0.289 e. The molecular weight excluding hydrogens is 230 g/mol. The standard InChI is InChI=1S/C10H8ClN3O2/c1-7(11)6-13-9-3-2-8(5-12)10(4-9)14(15)16/h2-4,13H,1,6H2. The zero-order valence-electron chi connectivity index (χ0n) is 8.24. The van der Waals surface area contributed by atoms with E-state index in [2.05, 4.69) is 11.9 Å². The van der Waals surface area contributed by atoms with Crippen LogP contribution < -0.4 is 5.32 Å². The van der Waals surface area contributed by atoms with Gasteiger partial charge in [0, 0.05) is 16.8 Å². The van der Waals surface area contributed by atoms with Crippen LogP contribution in [-0.2, 0) is 0 Å². The molecule has 1 aromatic carbocycles. The molecular formula is C10H8ClN3O2. The van der Waals surface area contributed by atoms with E-state index in [0.29, 0.717) is 17.3 Å². The van der Waals surface area contributed by atoms with Crippen LogP contribution >= 0.6 is 11.6 Å². The lowest BCUT2D eigenvalue weighted by atomic mass is 10.2. The van der Waals surface area contributed by atoms with Crippen molar-refractivity contribution in [2.24, 2.45) is 0 Å². The first kappa shape index (κ1) is 12.0. The lowest BCUT2D eigenvalue weighted by molar-refractivity contribution is -0.385. The minimum atomic E-state index is -0.598. The number of halogens is 1. The Balaban J connectivity index is 2.99. The van der Waals surface area contributed by atoms with Crippen LogP contribution in [-0.4, -0.2) is 11.5 Å². The van der Waals surface area contributed by atoms with Gasteiger partial charge in [-0.15, -0.1) is 0 Å². The van der Waals surface area contributed by atoms with Gasteiger partial charge in [-0.1, -0.05) is 18.2 Å². The smallest absolute Gasteiger partial charge is 0.289 e. The Kier molecular flexibility index (Phi) is 3.86. The maximum absolute atomic E-state index is 10.7. The summed E-state index contributed by atoms with van der Waals surface area (Å²) in [6.07, 6.45) is 0. The molecule has 0 aromatic heterocycles. The molecule has 0 bridgehead atoms. The van der Waals surface area contributed by atoms with E-state index in [4.69, 9.17) is 16.9 Å². The Bertz CT molecular complexity index is 479. The van der Waals surface area contributed by atoms with Gasteiger partial charge in [0.2, 0.25) is 0 Å². The molecule has 1 aromatic rings. The Morgan fingerprint density at radius 3 is 2.88 bits per heavy atom. The van der Waals surface area contributed by atoms with Crippen LogP contribution in [0.5, 0.6) is 0 Å². The van der Waals surface area contributed by atoms with Crippen LogP contribution in [0.25, 0.3) is 0 Å². The van der Waals surface area contributed by atoms with Crippen LogP contribution in [0, 0.1) is 21.4 Å². The van der Waals surface area contributed by atoms with Gasteiger partial charge in [0.05, 0.1) is 11.5 Å². The third kappa shape index (κ3) is 2.97. The number of nitrogens with one attached hydrogen (secondary N) is 1. The number of nitro benzene ring substituents is 1. The first-order valence-corrected chi connectivity index (χ1v) is 4.68. The predicted octanol–water partition coefficient (Wildman–Crippen LogP) is 2.63. The number of nitrogens with zero attached hydrogens (tertiary/aromatic N) is 2. The van der Waals surface area contributed by atoms with Crippen LogP contribution in [0.15, 0.2) is 29.8 Å². The van der Waals surface area contributed by atoms with E-state index < -0.39 is 4.92 Å². The van der Waals surface area contributed by atoms with Crippen molar-refractivity contribution in [2.75, 3.05) is 11.9 Å². The Hall–Kier alpha value is -2.06. The summed E-state index contributed by atoms with van der Waals surface area (Å²) in [7, 11) is 0. The molecule has 6 heteroatoms. The second-order valence-electron chi connectivity index (χ2n) is 2.97. The third-order valence-electron chi connectivity index (χ3n) is 1.80. The molecule has 0 aliphatic carbocycles. The maximum atomic E-state index is 10.7. The largest absolute Gasteiger partial charge is 0.380 e. The first-order valence-electron chi connectivity index (χ1n) is 4.30. The fraction of sp³-hybridized carbons (Fsp3) is 0.100. The summed E-state index contributed by atoms with van der Waals surface area (Å²) < 4.78 is 0. The molecule has 0 unspecified atom stereocenters. The van der Waals surface area contributed by atoms with Gasteiger partial charge >= 0.3 is 0 Å². The summed E-state index contributed by atoms with van der Waals surface area (Å²) in [5, 5.41) is 22.6. The lowest BCUT2D eigenvalue weighted by Gasteiger charge is -2.04. The van der Waals surface area contributed by atoms with Gasteiger partial charge < -0.3 is 5.32 Å². The molecule has 5 nitrogen and oxygen atoms in total. The molecule has 82 valence electrons. The van der Waals surface area contributed by atoms with Crippen molar-refractivity contribution in [3.05, 3.63) is 45.5 Å². The third-order valence-corrected chi connectivity index (χ3v) is 1.93. The van der Waals surface area contributed by atoms with Crippen LogP contribution in [0.4, 0.5) is 11.4 Å². The zero-order valence-corrected chi connectivity index (χ0v) is 8.99. The van der Waals surface area contributed by atoms with Gasteiger partial charge in [0.1, 0.15) is 11.6 Å². The highest BCUT2D eigenvalue weighted by atomic mass is 35.5. The van der Waals surface area contributed by atoms with Gasteiger partial charge in [-0.2, -0.15) is 5.26 Å². The normalized spacial score (nSPS) is 9.25. The molecule has 0 heterocycles. The number of hydrogen-bond donors (Lipinski definition) is 1. The second kappa shape index (κ2) is 5.14. The Morgan fingerprint density at radius 2 is 2.38 bits per heavy atom. The number of benzene rings is 1. The van der Waals surface area contributed by atoms with Gasteiger partial charge in [0.15, 0.2) is 0 Å². The molecule has 0 spiro atoms. The van der Waals surface area contributed by atoms with Gasteiger partial charge in [0.25, 0.3) is 5.69 Å². The molecule has 0 aliphatic heterocycles. The molecule has 1 rings (SSSR count). The van der Waals surface area contributed by atoms with Gasteiger partial charge in [-0.25, -0.2) is 0 Å². The SMILES string of the molecule is C=C(Cl)CNc1ccc(C#N)c([N+](=O)[O-])c1. The quantitative estimate of drug-likeness (QED) is 0.645. The average Bonchev–Trinajstić information content (AvgIpc) is 2.25. The Morgan fingerprint density at radius 1 is 1.69 bits per heavy atom. The van der Waals surface area contributed by atoms with Crippen molar-refractivity contribution in [3.8, 4) is 6.07 Å². The molecule has 1 N–H and O–H groups in total. The van der Waals surface area contributed by atoms with E-state index in [-0.39, 0.29) is 11.3 Å². The fourth-order valence-corrected chi connectivity index (χ4v) is 1.15. The molecule has 0 amide bonds. The van der Waals surface area contributed by atoms with Gasteiger partial charge in [-0.3, -0.25) is 10.1 Å². The van der Waals surface area contributed by atoms with Crippen molar-refractivity contribution in [1.29, 1.82) is 5.26 Å². The van der Waals surface area contributed by atoms with E-state index in [1.165, 1.54) is 12.1 Å². The zero-order chi connectivity index (χ0) is 12.1. The summed E-state index contributed by atoms with van der Waals surface area (Å²) in [4.78, 5) is 10.1. The summed E-state index contributed by atoms with van der Waals surface area (Å²) in [6.45, 7) is 3.79. The lowest BCUT2D eigenvalue weighted by Crippen LogP contribution is -2.02. The monoisotopic (exact) mass is 237 g/mol. The van der Waals surface area contributed by atoms with E-state index in [1.807, 2.05) is 0 Å². The molecule has 0 radical (unpaired) electrons. The number of hydrogen-bond acceptors (Lipinski definition) is 4. The van der Waals surface area contributed by atoms with Crippen molar-refractivity contribution in [3.63, 3.8) is 0 Å². The second-order valence-corrected chi connectivity index (χ2v) is 3.51. The minimum absolute atomic E-state index is 0.0280. The molecule has 16 heavy (non-hydrogen) atoms.